The zero-order chi connectivity index (χ0) is 21.1. The molecule has 3 rings (SSSR count). The Labute approximate surface area is 176 Å². The van der Waals surface area contributed by atoms with Crippen molar-refractivity contribution in [3.05, 3.63) is 57.6 Å². The third-order valence-electron chi connectivity index (χ3n) is 4.30. The van der Waals surface area contributed by atoms with Gasteiger partial charge in [0.15, 0.2) is 11.5 Å². The molecule has 7 nitrogen and oxygen atoms in total. The second-order valence-corrected chi connectivity index (χ2v) is 7.09. The molecule has 1 aliphatic rings. The van der Waals surface area contributed by atoms with Crippen molar-refractivity contribution in [1.29, 1.82) is 0 Å². The van der Waals surface area contributed by atoms with E-state index in [2.05, 4.69) is 21.2 Å². The number of anilines is 1. The van der Waals surface area contributed by atoms with Crippen LogP contribution in [0.3, 0.4) is 0 Å². The van der Waals surface area contributed by atoms with Crippen LogP contribution in [0.15, 0.2) is 46.4 Å². The van der Waals surface area contributed by atoms with Gasteiger partial charge in [0, 0.05) is 4.47 Å². The number of halogens is 1. The van der Waals surface area contributed by atoms with Crippen molar-refractivity contribution in [3.63, 3.8) is 0 Å². The van der Waals surface area contributed by atoms with E-state index < -0.39 is 17.8 Å². The van der Waals surface area contributed by atoms with Crippen molar-refractivity contribution in [3.8, 4) is 11.5 Å². The zero-order valence-electron chi connectivity index (χ0n) is 16.1. The van der Waals surface area contributed by atoms with Crippen LogP contribution in [0.5, 0.6) is 11.5 Å². The van der Waals surface area contributed by atoms with Crippen molar-refractivity contribution in [2.45, 2.75) is 13.8 Å². The summed E-state index contributed by atoms with van der Waals surface area (Å²) in [5.41, 5.74) is 1.63. The molecule has 1 saturated heterocycles. The smallest absolute Gasteiger partial charge is 0.335 e. The lowest BCUT2D eigenvalue weighted by molar-refractivity contribution is -0.122. The molecule has 0 unspecified atom stereocenters. The maximum absolute atomic E-state index is 13.0. The maximum Gasteiger partial charge on any atom is 0.335 e. The molecule has 29 heavy (non-hydrogen) atoms. The zero-order valence-corrected chi connectivity index (χ0v) is 17.7. The number of rotatable bonds is 5. The van der Waals surface area contributed by atoms with Gasteiger partial charge in [-0.15, -0.1) is 0 Å². The number of methoxy groups -OCH3 is 1. The van der Waals surface area contributed by atoms with E-state index in [9.17, 15) is 14.4 Å². The van der Waals surface area contributed by atoms with E-state index in [4.69, 9.17) is 9.47 Å². The molecule has 2 aromatic rings. The molecule has 0 saturated carbocycles. The van der Waals surface area contributed by atoms with Crippen LogP contribution in [-0.4, -0.2) is 31.6 Å². The Morgan fingerprint density at radius 3 is 2.52 bits per heavy atom. The summed E-state index contributed by atoms with van der Waals surface area (Å²) in [5.74, 6) is -0.423. The van der Waals surface area contributed by atoms with Crippen molar-refractivity contribution < 1.29 is 23.9 Å². The predicted octanol–water partition coefficient (Wildman–Crippen LogP) is 3.83. The van der Waals surface area contributed by atoms with E-state index in [1.807, 2.05) is 13.8 Å². The van der Waals surface area contributed by atoms with Crippen molar-refractivity contribution in [2.75, 3.05) is 18.6 Å². The average molecular weight is 459 g/mol. The summed E-state index contributed by atoms with van der Waals surface area (Å²) in [4.78, 5) is 38.6. The van der Waals surface area contributed by atoms with Crippen LogP contribution in [0.4, 0.5) is 10.5 Å². The lowest BCUT2D eigenvalue weighted by Gasteiger charge is -2.26. The number of benzene rings is 2. The van der Waals surface area contributed by atoms with Crippen LogP contribution >= 0.6 is 15.9 Å². The number of barbiturate groups is 1. The molecule has 0 bridgehead atoms. The number of amides is 4. The number of ether oxygens (including phenoxy) is 2. The number of carbonyl (C=O) groups excluding carboxylic acids is 3. The number of nitrogens with zero attached hydrogens (tertiary/aromatic N) is 1. The molecule has 0 aliphatic carbocycles. The molecule has 150 valence electrons. The first-order valence-corrected chi connectivity index (χ1v) is 9.63. The Kier molecular flexibility index (Phi) is 6.03. The Morgan fingerprint density at radius 2 is 1.86 bits per heavy atom. The minimum absolute atomic E-state index is 0.155. The van der Waals surface area contributed by atoms with Gasteiger partial charge in [-0.25, -0.2) is 9.69 Å². The first-order chi connectivity index (χ1) is 13.8. The van der Waals surface area contributed by atoms with Crippen LogP contribution in [0, 0.1) is 6.92 Å². The summed E-state index contributed by atoms with van der Waals surface area (Å²) in [7, 11) is 1.53. The molecule has 0 spiro atoms. The van der Waals surface area contributed by atoms with Crippen LogP contribution < -0.4 is 19.7 Å². The minimum Gasteiger partial charge on any atom is -0.493 e. The van der Waals surface area contributed by atoms with Crippen LogP contribution in [0.25, 0.3) is 6.08 Å². The largest absolute Gasteiger partial charge is 0.493 e. The molecular formula is C21H19BrN2O5. The number of urea groups is 1. The minimum atomic E-state index is -0.788. The first-order valence-electron chi connectivity index (χ1n) is 8.84. The first kappa shape index (κ1) is 20.6. The van der Waals surface area contributed by atoms with Gasteiger partial charge in [-0.1, -0.05) is 22.0 Å². The van der Waals surface area contributed by atoms with Gasteiger partial charge < -0.3 is 9.47 Å². The van der Waals surface area contributed by atoms with Gasteiger partial charge in [-0.05, 0) is 61.4 Å². The van der Waals surface area contributed by atoms with Crippen molar-refractivity contribution >= 4 is 45.5 Å². The number of imide groups is 2. The van der Waals surface area contributed by atoms with Crippen LogP contribution in [-0.2, 0) is 9.59 Å². The lowest BCUT2D eigenvalue weighted by atomic mass is 10.1. The quantitative estimate of drug-likeness (QED) is 0.543. The van der Waals surface area contributed by atoms with Gasteiger partial charge in [0.25, 0.3) is 11.8 Å². The van der Waals surface area contributed by atoms with E-state index in [0.29, 0.717) is 29.4 Å². The molecule has 0 atom stereocenters. The number of nitrogens with one attached hydrogen (secondary N) is 1. The molecular weight excluding hydrogens is 440 g/mol. The third-order valence-corrected chi connectivity index (χ3v) is 5.19. The fourth-order valence-electron chi connectivity index (χ4n) is 2.88. The fourth-order valence-corrected chi connectivity index (χ4v) is 3.12. The predicted molar refractivity (Wildman–Crippen MR) is 112 cm³/mol. The number of hydrogen-bond acceptors (Lipinski definition) is 5. The second-order valence-electron chi connectivity index (χ2n) is 6.23. The highest BCUT2D eigenvalue weighted by molar-refractivity contribution is 9.10. The van der Waals surface area contributed by atoms with Gasteiger partial charge in [-0.2, -0.15) is 0 Å². The molecule has 1 N–H and O–H groups in total. The lowest BCUT2D eigenvalue weighted by Crippen LogP contribution is -2.54. The van der Waals surface area contributed by atoms with E-state index in [-0.39, 0.29) is 5.57 Å². The average Bonchev–Trinajstić information content (AvgIpc) is 2.68. The molecule has 1 aliphatic heterocycles. The number of aryl methyl sites for hydroxylation is 1. The van der Waals surface area contributed by atoms with E-state index in [1.54, 1.807) is 36.4 Å². The molecule has 2 aromatic carbocycles. The summed E-state index contributed by atoms with van der Waals surface area (Å²) < 4.78 is 11.6. The summed E-state index contributed by atoms with van der Waals surface area (Å²) >= 11 is 3.39. The third kappa shape index (κ3) is 4.17. The summed E-state index contributed by atoms with van der Waals surface area (Å²) in [6.07, 6.45) is 1.42. The Hall–Kier alpha value is -3.13. The number of carbonyl (C=O) groups is 3. The molecule has 4 amide bonds. The van der Waals surface area contributed by atoms with Gasteiger partial charge in [0.05, 0.1) is 19.4 Å². The van der Waals surface area contributed by atoms with Gasteiger partial charge in [0.2, 0.25) is 0 Å². The van der Waals surface area contributed by atoms with Crippen molar-refractivity contribution in [2.24, 2.45) is 0 Å². The Morgan fingerprint density at radius 1 is 1.10 bits per heavy atom. The van der Waals surface area contributed by atoms with E-state index in [0.717, 1.165) is 14.9 Å². The second kappa shape index (κ2) is 8.48. The van der Waals surface area contributed by atoms with Gasteiger partial charge >= 0.3 is 6.03 Å². The van der Waals surface area contributed by atoms with Gasteiger partial charge in [-0.3, -0.25) is 14.9 Å². The summed E-state index contributed by atoms with van der Waals surface area (Å²) in [5, 5.41) is 2.22. The Bertz CT molecular complexity index is 1030. The molecule has 8 heteroatoms. The number of hydrogen-bond donors (Lipinski definition) is 1. The normalized spacial score (nSPS) is 15.5. The highest BCUT2D eigenvalue weighted by Gasteiger charge is 2.36. The molecule has 1 heterocycles. The Balaban J connectivity index is 2.01. The fraction of sp³-hybridized carbons (Fsp3) is 0.190. The molecule has 0 radical (unpaired) electrons. The highest BCUT2D eigenvalue weighted by Crippen LogP contribution is 2.30. The molecule has 1 fully saturated rings. The highest BCUT2D eigenvalue weighted by atomic mass is 79.9. The SMILES string of the molecule is CCOc1cc(/C=C2/C(=O)NC(=O)N(c3ccc(Br)c(C)c3)C2=O)ccc1OC. The maximum atomic E-state index is 13.0. The van der Waals surface area contributed by atoms with Crippen LogP contribution in [0.2, 0.25) is 0 Å². The summed E-state index contributed by atoms with van der Waals surface area (Å²) in [6, 6.07) is 9.31. The summed E-state index contributed by atoms with van der Waals surface area (Å²) in [6.45, 7) is 4.11. The topological polar surface area (TPSA) is 84.9 Å². The van der Waals surface area contributed by atoms with Gasteiger partial charge in [0.1, 0.15) is 5.57 Å². The van der Waals surface area contributed by atoms with Crippen LogP contribution in [0.1, 0.15) is 18.1 Å². The monoisotopic (exact) mass is 458 g/mol. The standard InChI is InChI=1S/C21H19BrN2O5/c1-4-29-18-11-13(5-8-17(18)28-3)10-15-19(25)23-21(27)24(20(15)26)14-6-7-16(22)12(2)9-14/h5-11H,4H2,1-3H3,(H,23,25,27)/b15-10-. The van der Waals surface area contributed by atoms with E-state index >= 15 is 0 Å². The van der Waals surface area contributed by atoms with E-state index in [1.165, 1.54) is 13.2 Å². The molecule has 0 aromatic heterocycles. The van der Waals surface area contributed by atoms with Crippen molar-refractivity contribution in [1.82, 2.24) is 5.32 Å².